The quantitative estimate of drug-likeness (QED) is 0.727. The molecule has 3 aromatic rings. The van der Waals surface area contributed by atoms with Gasteiger partial charge in [-0.05, 0) is 28.1 Å². The molecule has 0 saturated heterocycles. The van der Waals surface area contributed by atoms with Gasteiger partial charge in [0.2, 0.25) is 5.78 Å². The van der Waals surface area contributed by atoms with Gasteiger partial charge in [0.25, 0.3) is 0 Å². The lowest BCUT2D eigenvalue weighted by molar-refractivity contribution is 0.413. The molecule has 0 unspecified atom stereocenters. The molecule has 96 valence electrons. The molecule has 0 aliphatic rings. The van der Waals surface area contributed by atoms with Crippen molar-refractivity contribution >= 4 is 21.7 Å². The van der Waals surface area contributed by atoms with Gasteiger partial charge in [-0.2, -0.15) is 0 Å². The average molecular weight is 322 g/mol. The van der Waals surface area contributed by atoms with E-state index in [9.17, 15) is 4.39 Å². The van der Waals surface area contributed by atoms with Crippen LogP contribution in [-0.4, -0.2) is 21.5 Å². The van der Waals surface area contributed by atoms with Crippen LogP contribution >= 0.6 is 15.9 Å². The van der Waals surface area contributed by atoms with Crippen LogP contribution in [0.15, 0.2) is 41.3 Å². The van der Waals surface area contributed by atoms with Gasteiger partial charge in [0.05, 0.1) is 22.8 Å². The monoisotopic (exact) mass is 321 g/mol. The molecule has 0 saturated carbocycles. The number of aromatic nitrogens is 3. The van der Waals surface area contributed by atoms with Crippen LogP contribution in [0.3, 0.4) is 0 Å². The minimum Gasteiger partial charge on any atom is -0.496 e. The fraction of sp³-hybridized carbons (Fsp3) is 0.0769. The van der Waals surface area contributed by atoms with Crippen molar-refractivity contribution in [3.8, 4) is 17.0 Å². The summed E-state index contributed by atoms with van der Waals surface area (Å²) in [7, 11) is 1.50. The lowest BCUT2D eigenvalue weighted by atomic mass is 10.1. The Bertz CT molecular complexity index is 757. The van der Waals surface area contributed by atoms with E-state index >= 15 is 0 Å². The fourth-order valence-corrected chi connectivity index (χ4v) is 2.23. The molecular formula is C13H9BrFN3O. The molecule has 0 bridgehead atoms. The zero-order valence-corrected chi connectivity index (χ0v) is 11.6. The highest BCUT2D eigenvalue weighted by Crippen LogP contribution is 2.31. The van der Waals surface area contributed by atoms with Crippen molar-refractivity contribution in [2.45, 2.75) is 0 Å². The first-order valence-electron chi connectivity index (χ1n) is 5.52. The highest BCUT2D eigenvalue weighted by molar-refractivity contribution is 9.10. The number of benzene rings is 1. The number of fused-ring (bicyclic) bond motifs is 1. The Balaban J connectivity index is 2.24. The second kappa shape index (κ2) is 4.62. The predicted octanol–water partition coefficient (Wildman–Crippen LogP) is 3.31. The molecule has 3 rings (SSSR count). The van der Waals surface area contributed by atoms with Gasteiger partial charge in [0, 0.05) is 18.6 Å². The van der Waals surface area contributed by atoms with Crippen LogP contribution in [0.5, 0.6) is 5.75 Å². The van der Waals surface area contributed by atoms with Crippen molar-refractivity contribution in [3.05, 3.63) is 47.1 Å². The number of ether oxygens (including phenoxy) is 1. The largest absolute Gasteiger partial charge is 0.496 e. The molecule has 0 spiro atoms. The number of imidazole rings is 1. The molecule has 0 N–H and O–H groups in total. The van der Waals surface area contributed by atoms with Crippen LogP contribution in [0.2, 0.25) is 0 Å². The Hall–Kier alpha value is -1.95. The summed E-state index contributed by atoms with van der Waals surface area (Å²) in [6, 6.07) is 4.68. The Morgan fingerprint density at radius 1 is 1.32 bits per heavy atom. The van der Waals surface area contributed by atoms with Gasteiger partial charge in [-0.25, -0.2) is 14.4 Å². The highest BCUT2D eigenvalue weighted by Gasteiger charge is 2.15. The maximum absolute atomic E-state index is 14.0. The standard InChI is InChI=1S/C13H9BrFN3O/c1-19-11-4-2-3-9(15)12(11)10-7-18-6-8(14)5-16-13(18)17-10/h2-7H,1H3. The first-order valence-corrected chi connectivity index (χ1v) is 6.31. The minimum atomic E-state index is -0.373. The van der Waals surface area contributed by atoms with Gasteiger partial charge >= 0.3 is 0 Å². The van der Waals surface area contributed by atoms with Gasteiger partial charge < -0.3 is 4.74 Å². The van der Waals surface area contributed by atoms with Gasteiger partial charge in [0.15, 0.2) is 0 Å². The van der Waals surface area contributed by atoms with Crippen molar-refractivity contribution in [3.63, 3.8) is 0 Å². The van der Waals surface area contributed by atoms with E-state index in [1.165, 1.54) is 13.2 Å². The Labute approximate surface area is 117 Å². The van der Waals surface area contributed by atoms with E-state index in [2.05, 4.69) is 25.9 Å². The van der Waals surface area contributed by atoms with Crippen molar-refractivity contribution in [2.24, 2.45) is 0 Å². The normalized spacial score (nSPS) is 10.9. The van der Waals surface area contributed by atoms with Crippen molar-refractivity contribution in [1.82, 2.24) is 14.4 Å². The summed E-state index contributed by atoms with van der Waals surface area (Å²) in [4.78, 5) is 8.46. The van der Waals surface area contributed by atoms with Crippen LogP contribution in [0.1, 0.15) is 0 Å². The van der Waals surface area contributed by atoms with Crippen LogP contribution in [-0.2, 0) is 0 Å². The summed E-state index contributed by atoms with van der Waals surface area (Å²) < 4.78 is 21.7. The minimum absolute atomic E-state index is 0.339. The van der Waals surface area contributed by atoms with E-state index < -0.39 is 0 Å². The molecule has 1 aromatic carbocycles. The molecule has 2 heterocycles. The summed E-state index contributed by atoms with van der Waals surface area (Å²) in [6.45, 7) is 0. The smallest absolute Gasteiger partial charge is 0.234 e. The number of halogens is 2. The molecule has 0 radical (unpaired) electrons. The van der Waals surface area contributed by atoms with E-state index in [-0.39, 0.29) is 5.82 Å². The average Bonchev–Trinajstić information content (AvgIpc) is 2.80. The molecule has 4 nitrogen and oxygen atoms in total. The predicted molar refractivity (Wildman–Crippen MR) is 72.6 cm³/mol. The van der Waals surface area contributed by atoms with Gasteiger partial charge in [0.1, 0.15) is 11.6 Å². The lowest BCUT2D eigenvalue weighted by Crippen LogP contribution is -1.91. The SMILES string of the molecule is COc1cccc(F)c1-c1cn2cc(Br)cnc2n1. The zero-order chi connectivity index (χ0) is 13.4. The van der Waals surface area contributed by atoms with Crippen molar-refractivity contribution < 1.29 is 9.13 Å². The molecule has 2 aromatic heterocycles. The van der Waals surface area contributed by atoms with E-state index in [1.54, 1.807) is 28.9 Å². The number of nitrogens with zero attached hydrogens (tertiary/aromatic N) is 3. The highest BCUT2D eigenvalue weighted by atomic mass is 79.9. The molecule has 19 heavy (non-hydrogen) atoms. The maximum Gasteiger partial charge on any atom is 0.234 e. The van der Waals surface area contributed by atoms with E-state index in [0.717, 1.165) is 4.47 Å². The Morgan fingerprint density at radius 3 is 2.95 bits per heavy atom. The maximum atomic E-state index is 14.0. The van der Waals surface area contributed by atoms with Gasteiger partial charge in [-0.3, -0.25) is 4.40 Å². The third-order valence-electron chi connectivity index (χ3n) is 2.73. The molecule has 0 fully saturated rings. The van der Waals surface area contributed by atoms with Crippen LogP contribution in [0.4, 0.5) is 4.39 Å². The zero-order valence-electron chi connectivity index (χ0n) is 9.97. The van der Waals surface area contributed by atoms with Crippen LogP contribution in [0, 0.1) is 5.82 Å². The number of rotatable bonds is 2. The van der Waals surface area contributed by atoms with E-state index in [4.69, 9.17) is 4.74 Å². The molecule has 0 atom stereocenters. The number of hydrogen-bond acceptors (Lipinski definition) is 3. The summed E-state index contributed by atoms with van der Waals surface area (Å²) >= 11 is 3.33. The molecule has 0 amide bonds. The molecular weight excluding hydrogens is 313 g/mol. The van der Waals surface area contributed by atoms with Crippen LogP contribution < -0.4 is 4.74 Å². The van der Waals surface area contributed by atoms with Gasteiger partial charge in [-0.15, -0.1) is 0 Å². The van der Waals surface area contributed by atoms with Crippen molar-refractivity contribution in [2.75, 3.05) is 7.11 Å². The van der Waals surface area contributed by atoms with E-state index in [0.29, 0.717) is 22.8 Å². The fourth-order valence-electron chi connectivity index (χ4n) is 1.90. The molecule has 0 aliphatic carbocycles. The third kappa shape index (κ3) is 2.08. The summed E-state index contributed by atoms with van der Waals surface area (Å²) in [5, 5.41) is 0. The second-order valence-corrected chi connectivity index (χ2v) is 4.84. The number of hydrogen-bond donors (Lipinski definition) is 0. The first-order chi connectivity index (χ1) is 9.19. The Morgan fingerprint density at radius 2 is 2.16 bits per heavy atom. The van der Waals surface area contributed by atoms with Gasteiger partial charge in [-0.1, -0.05) is 6.07 Å². The first kappa shape index (κ1) is 12.1. The summed E-state index contributed by atoms with van der Waals surface area (Å²) in [5.74, 6) is 0.577. The summed E-state index contributed by atoms with van der Waals surface area (Å²) in [5.41, 5.74) is 0.826. The van der Waals surface area contributed by atoms with Crippen LogP contribution in [0.25, 0.3) is 17.0 Å². The third-order valence-corrected chi connectivity index (χ3v) is 3.14. The summed E-state index contributed by atoms with van der Waals surface area (Å²) in [6.07, 6.45) is 5.17. The van der Waals surface area contributed by atoms with E-state index in [1.807, 2.05) is 6.20 Å². The second-order valence-electron chi connectivity index (χ2n) is 3.92. The number of methoxy groups -OCH3 is 1. The molecule has 6 heteroatoms. The van der Waals surface area contributed by atoms with Crippen molar-refractivity contribution in [1.29, 1.82) is 0 Å². The topological polar surface area (TPSA) is 39.4 Å². The lowest BCUT2D eigenvalue weighted by Gasteiger charge is -2.06. The molecule has 0 aliphatic heterocycles. The Kier molecular flexibility index (Phi) is 2.94.